The Kier molecular flexibility index (Phi) is 6.88. The van der Waals surface area contributed by atoms with Gasteiger partial charge in [-0.3, -0.25) is 9.88 Å². The van der Waals surface area contributed by atoms with E-state index in [1.807, 2.05) is 30.3 Å². The largest absolute Gasteiger partial charge is 0.488 e. The Morgan fingerprint density at radius 3 is 2.75 bits per heavy atom. The second-order valence-corrected chi connectivity index (χ2v) is 6.61. The standard InChI is InChI=1S/C21H22N4O2.ClH/c1-24-10-12-25(13-11-24)14-15-26-19-6-2-5-18-21(19)27-20(23-18)8-7-17-4-3-9-22-16-17;/h2-6,9,16H,10-15H2,1H3;1H. The van der Waals surface area contributed by atoms with Gasteiger partial charge in [-0.05, 0) is 37.2 Å². The summed E-state index contributed by atoms with van der Waals surface area (Å²) in [5.41, 5.74) is 2.22. The first-order chi connectivity index (χ1) is 13.3. The molecule has 0 amide bonds. The van der Waals surface area contributed by atoms with Crippen molar-refractivity contribution in [2.75, 3.05) is 46.4 Å². The van der Waals surface area contributed by atoms with Crippen LogP contribution in [0.4, 0.5) is 0 Å². The lowest BCUT2D eigenvalue weighted by atomic mass is 10.3. The van der Waals surface area contributed by atoms with Crippen LogP contribution in [-0.4, -0.2) is 66.1 Å². The molecule has 7 heteroatoms. The number of fused-ring (bicyclic) bond motifs is 1. The average Bonchev–Trinajstić information content (AvgIpc) is 3.13. The summed E-state index contributed by atoms with van der Waals surface area (Å²) in [4.78, 5) is 13.3. The van der Waals surface area contributed by atoms with Gasteiger partial charge in [-0.1, -0.05) is 12.0 Å². The van der Waals surface area contributed by atoms with Gasteiger partial charge in [0.15, 0.2) is 11.3 Å². The van der Waals surface area contributed by atoms with Crippen molar-refractivity contribution in [2.24, 2.45) is 0 Å². The Bertz CT molecular complexity index is 957. The van der Waals surface area contributed by atoms with Crippen LogP contribution in [-0.2, 0) is 0 Å². The number of oxazole rings is 1. The summed E-state index contributed by atoms with van der Waals surface area (Å²) in [5.74, 6) is 7.05. The smallest absolute Gasteiger partial charge is 0.274 e. The number of aromatic nitrogens is 2. The van der Waals surface area contributed by atoms with Crippen LogP contribution >= 0.6 is 12.4 Å². The van der Waals surface area contributed by atoms with E-state index in [-0.39, 0.29) is 12.4 Å². The molecule has 0 spiro atoms. The number of halogens is 1. The predicted octanol–water partition coefficient (Wildman–Crippen LogP) is 2.67. The number of para-hydroxylation sites is 1. The summed E-state index contributed by atoms with van der Waals surface area (Å²) in [5, 5.41) is 0. The van der Waals surface area contributed by atoms with Gasteiger partial charge >= 0.3 is 0 Å². The molecule has 146 valence electrons. The number of hydrogen-bond acceptors (Lipinski definition) is 6. The van der Waals surface area contributed by atoms with Crippen LogP contribution in [0.5, 0.6) is 5.75 Å². The van der Waals surface area contributed by atoms with Gasteiger partial charge in [0.25, 0.3) is 5.89 Å². The molecule has 4 rings (SSSR count). The quantitative estimate of drug-likeness (QED) is 0.630. The molecule has 1 aliphatic heterocycles. The molecule has 0 N–H and O–H groups in total. The van der Waals surface area contributed by atoms with Gasteiger partial charge in [0, 0.05) is 50.7 Å². The third kappa shape index (κ3) is 5.02. The van der Waals surface area contributed by atoms with Crippen molar-refractivity contribution < 1.29 is 9.15 Å². The number of likely N-dealkylation sites (N-methyl/N-ethyl adjacent to an activating group) is 1. The molecule has 0 radical (unpaired) electrons. The van der Waals surface area contributed by atoms with Gasteiger partial charge in [-0.25, -0.2) is 4.98 Å². The lowest BCUT2D eigenvalue weighted by molar-refractivity contribution is 0.134. The van der Waals surface area contributed by atoms with Crippen molar-refractivity contribution >= 4 is 23.5 Å². The maximum absolute atomic E-state index is 5.98. The van der Waals surface area contributed by atoms with Gasteiger partial charge < -0.3 is 14.1 Å². The summed E-state index contributed by atoms with van der Waals surface area (Å²) in [7, 11) is 2.16. The maximum atomic E-state index is 5.98. The summed E-state index contributed by atoms with van der Waals surface area (Å²) >= 11 is 0. The van der Waals surface area contributed by atoms with Crippen molar-refractivity contribution in [3.63, 3.8) is 0 Å². The van der Waals surface area contributed by atoms with Gasteiger partial charge in [-0.2, -0.15) is 0 Å². The fourth-order valence-electron chi connectivity index (χ4n) is 3.01. The van der Waals surface area contributed by atoms with E-state index in [9.17, 15) is 0 Å². The lowest BCUT2D eigenvalue weighted by Gasteiger charge is -2.32. The number of nitrogens with zero attached hydrogens (tertiary/aromatic N) is 4. The van der Waals surface area contributed by atoms with Gasteiger partial charge in [0.2, 0.25) is 0 Å². The van der Waals surface area contributed by atoms with E-state index in [1.54, 1.807) is 12.4 Å². The van der Waals surface area contributed by atoms with Crippen LogP contribution in [0.3, 0.4) is 0 Å². The minimum absolute atomic E-state index is 0. The zero-order valence-corrected chi connectivity index (χ0v) is 16.6. The molecule has 28 heavy (non-hydrogen) atoms. The first-order valence-corrected chi connectivity index (χ1v) is 9.13. The minimum Gasteiger partial charge on any atom is -0.488 e. The van der Waals surface area contributed by atoms with Gasteiger partial charge in [0.1, 0.15) is 12.1 Å². The van der Waals surface area contributed by atoms with Gasteiger partial charge in [0.05, 0.1) is 0 Å². The number of ether oxygens (including phenoxy) is 1. The molecule has 1 fully saturated rings. The summed E-state index contributed by atoms with van der Waals surface area (Å²) < 4.78 is 11.8. The molecule has 0 atom stereocenters. The zero-order valence-electron chi connectivity index (χ0n) is 15.8. The Balaban J connectivity index is 0.00000225. The molecule has 0 saturated carbocycles. The van der Waals surface area contributed by atoms with Crippen LogP contribution in [0.25, 0.3) is 11.1 Å². The molecular formula is C21H23ClN4O2. The molecule has 3 heterocycles. The third-order valence-corrected chi connectivity index (χ3v) is 4.62. The first-order valence-electron chi connectivity index (χ1n) is 9.13. The highest BCUT2D eigenvalue weighted by Gasteiger charge is 2.14. The van der Waals surface area contributed by atoms with E-state index in [2.05, 4.69) is 38.7 Å². The molecule has 0 bridgehead atoms. The van der Waals surface area contributed by atoms with E-state index in [0.717, 1.165) is 43.8 Å². The van der Waals surface area contributed by atoms with Crippen LogP contribution in [0.2, 0.25) is 0 Å². The lowest BCUT2D eigenvalue weighted by Crippen LogP contribution is -2.45. The Labute approximate surface area is 170 Å². The first kappa shape index (κ1) is 20.2. The zero-order chi connectivity index (χ0) is 18.5. The van der Waals surface area contributed by atoms with Crippen LogP contribution < -0.4 is 4.74 Å². The predicted molar refractivity (Wildman–Crippen MR) is 111 cm³/mol. The summed E-state index contributed by atoms with van der Waals surface area (Å²) in [6.07, 6.45) is 3.43. The second kappa shape index (κ2) is 9.56. The minimum atomic E-state index is 0. The third-order valence-electron chi connectivity index (χ3n) is 4.62. The summed E-state index contributed by atoms with van der Waals surface area (Å²) in [6, 6.07) is 9.49. The monoisotopic (exact) mass is 398 g/mol. The SMILES string of the molecule is CN1CCN(CCOc2cccc3nc(C#Cc4cccnc4)oc23)CC1.Cl. The van der Waals surface area contributed by atoms with E-state index >= 15 is 0 Å². The van der Waals surface area contributed by atoms with Crippen molar-refractivity contribution in [3.05, 3.63) is 54.2 Å². The van der Waals surface area contributed by atoms with E-state index in [0.29, 0.717) is 23.8 Å². The fraction of sp³-hybridized carbons (Fsp3) is 0.333. The molecule has 1 aromatic carbocycles. The average molecular weight is 399 g/mol. The van der Waals surface area contributed by atoms with Crippen molar-refractivity contribution in [2.45, 2.75) is 0 Å². The fourth-order valence-corrected chi connectivity index (χ4v) is 3.01. The molecule has 0 unspecified atom stereocenters. The number of rotatable bonds is 4. The van der Waals surface area contributed by atoms with E-state index in [1.165, 1.54) is 0 Å². The summed E-state index contributed by atoms with van der Waals surface area (Å²) in [6.45, 7) is 5.92. The molecular weight excluding hydrogens is 376 g/mol. The van der Waals surface area contributed by atoms with Gasteiger partial charge in [-0.15, -0.1) is 12.4 Å². The highest BCUT2D eigenvalue weighted by atomic mass is 35.5. The molecule has 1 saturated heterocycles. The number of piperazine rings is 1. The van der Waals surface area contributed by atoms with E-state index in [4.69, 9.17) is 9.15 Å². The molecule has 3 aromatic rings. The number of benzene rings is 1. The molecule has 6 nitrogen and oxygen atoms in total. The second-order valence-electron chi connectivity index (χ2n) is 6.61. The van der Waals surface area contributed by atoms with Crippen LogP contribution in [0.15, 0.2) is 47.1 Å². The molecule has 1 aliphatic rings. The normalized spacial score (nSPS) is 14.9. The van der Waals surface area contributed by atoms with Crippen LogP contribution in [0, 0.1) is 11.8 Å². The molecule has 2 aromatic heterocycles. The Hall–Kier alpha value is -2.59. The molecule has 0 aliphatic carbocycles. The maximum Gasteiger partial charge on any atom is 0.274 e. The van der Waals surface area contributed by atoms with E-state index < -0.39 is 0 Å². The van der Waals surface area contributed by atoms with Crippen LogP contribution in [0.1, 0.15) is 11.5 Å². The van der Waals surface area contributed by atoms with Crippen molar-refractivity contribution in [3.8, 4) is 17.6 Å². The van der Waals surface area contributed by atoms with Crippen molar-refractivity contribution in [1.29, 1.82) is 0 Å². The number of pyridine rings is 1. The highest BCUT2D eigenvalue weighted by Crippen LogP contribution is 2.26. The highest BCUT2D eigenvalue weighted by molar-refractivity contribution is 5.85. The Morgan fingerprint density at radius 2 is 1.96 bits per heavy atom. The Morgan fingerprint density at radius 1 is 1.11 bits per heavy atom. The van der Waals surface area contributed by atoms with Crippen molar-refractivity contribution in [1.82, 2.24) is 19.8 Å². The number of hydrogen-bond donors (Lipinski definition) is 0. The topological polar surface area (TPSA) is 54.6 Å².